The van der Waals surface area contributed by atoms with Gasteiger partial charge in [0, 0.05) is 24.5 Å². The highest BCUT2D eigenvalue weighted by Crippen LogP contribution is 2.24. The molecule has 4 rings (SSSR count). The van der Waals surface area contributed by atoms with Gasteiger partial charge in [-0.05, 0) is 44.7 Å². The Morgan fingerprint density at radius 1 is 1.31 bits per heavy atom. The minimum atomic E-state index is -0.422. The van der Waals surface area contributed by atoms with Crippen molar-refractivity contribution in [2.75, 3.05) is 0 Å². The van der Waals surface area contributed by atoms with Crippen molar-refractivity contribution in [2.24, 2.45) is 7.05 Å². The predicted octanol–water partition coefficient (Wildman–Crippen LogP) is 2.23. The highest BCUT2D eigenvalue weighted by atomic mass is 16.5. The largest absolute Gasteiger partial charge is 0.339 e. The highest BCUT2D eigenvalue weighted by Gasteiger charge is 2.26. The third-order valence-corrected chi connectivity index (χ3v) is 4.63. The number of rotatable bonds is 4. The lowest BCUT2D eigenvalue weighted by Gasteiger charge is -2.13. The van der Waals surface area contributed by atoms with Crippen LogP contribution in [0.2, 0.25) is 0 Å². The summed E-state index contributed by atoms with van der Waals surface area (Å²) in [7, 11) is 1.89. The smallest absolute Gasteiger partial charge is 0.272 e. The van der Waals surface area contributed by atoms with Crippen LogP contribution >= 0.6 is 0 Å². The lowest BCUT2D eigenvalue weighted by Crippen LogP contribution is -2.28. The van der Waals surface area contributed by atoms with Gasteiger partial charge in [0.15, 0.2) is 5.69 Å². The summed E-state index contributed by atoms with van der Waals surface area (Å²) in [5, 5.41) is 11.3. The Morgan fingerprint density at radius 3 is 2.96 bits per heavy atom. The number of nitrogens with one attached hydrogen (secondary N) is 1. The molecule has 26 heavy (non-hydrogen) atoms. The molecule has 0 radical (unpaired) electrons. The molecule has 3 aromatic heterocycles. The molecule has 1 aliphatic carbocycles. The molecule has 1 aliphatic rings. The van der Waals surface area contributed by atoms with Gasteiger partial charge in [-0.3, -0.25) is 14.5 Å². The second kappa shape index (κ2) is 6.70. The van der Waals surface area contributed by atoms with Crippen LogP contribution in [0, 0.1) is 0 Å². The van der Waals surface area contributed by atoms with E-state index in [4.69, 9.17) is 4.52 Å². The SMILES string of the molecule is C[C@@H](NC(=O)c1nn(C)c2c1CCCC2)c1nc(-c2ccccn2)no1. The van der Waals surface area contributed by atoms with Crippen molar-refractivity contribution in [1.29, 1.82) is 0 Å². The zero-order chi connectivity index (χ0) is 18.1. The standard InChI is InChI=1S/C18H20N6O2/c1-11(18-21-16(23-26-18)13-8-5-6-10-19-13)20-17(25)15-12-7-3-4-9-14(12)24(2)22-15/h5-6,8,10-11H,3-4,7,9H2,1-2H3,(H,20,25)/t11-/m1/s1. The van der Waals surface area contributed by atoms with Crippen LogP contribution in [-0.4, -0.2) is 30.8 Å². The van der Waals surface area contributed by atoms with Gasteiger partial charge in [-0.25, -0.2) is 0 Å². The number of aryl methyl sites for hydroxylation is 1. The number of fused-ring (bicyclic) bond motifs is 1. The van der Waals surface area contributed by atoms with E-state index in [9.17, 15) is 4.79 Å². The maximum Gasteiger partial charge on any atom is 0.272 e. The molecule has 0 saturated carbocycles. The molecule has 0 fully saturated rings. The molecular formula is C18H20N6O2. The van der Waals surface area contributed by atoms with Gasteiger partial charge in [-0.2, -0.15) is 10.1 Å². The third kappa shape index (κ3) is 2.98. The lowest BCUT2D eigenvalue weighted by molar-refractivity contribution is 0.0925. The van der Waals surface area contributed by atoms with Crippen molar-refractivity contribution in [3.8, 4) is 11.5 Å². The fourth-order valence-corrected chi connectivity index (χ4v) is 3.29. The quantitative estimate of drug-likeness (QED) is 0.773. The monoisotopic (exact) mass is 352 g/mol. The summed E-state index contributed by atoms with van der Waals surface area (Å²) in [5.41, 5.74) is 3.34. The fourth-order valence-electron chi connectivity index (χ4n) is 3.29. The predicted molar refractivity (Wildman–Crippen MR) is 93.3 cm³/mol. The van der Waals surface area contributed by atoms with Crippen molar-refractivity contribution in [2.45, 2.75) is 38.6 Å². The summed E-state index contributed by atoms with van der Waals surface area (Å²) < 4.78 is 7.11. The average Bonchev–Trinajstić information content (AvgIpc) is 3.28. The van der Waals surface area contributed by atoms with Crippen molar-refractivity contribution in [1.82, 2.24) is 30.2 Å². The zero-order valence-corrected chi connectivity index (χ0v) is 14.8. The number of nitrogens with zero attached hydrogens (tertiary/aromatic N) is 5. The van der Waals surface area contributed by atoms with Crippen LogP contribution < -0.4 is 5.32 Å². The van der Waals surface area contributed by atoms with E-state index in [2.05, 4.69) is 25.5 Å². The number of carbonyl (C=O) groups is 1. The molecule has 1 atom stereocenters. The Balaban J connectivity index is 1.51. The molecule has 0 spiro atoms. The zero-order valence-electron chi connectivity index (χ0n) is 14.8. The topological polar surface area (TPSA) is 98.7 Å². The van der Waals surface area contributed by atoms with Gasteiger partial charge < -0.3 is 9.84 Å². The summed E-state index contributed by atoms with van der Waals surface area (Å²) in [6, 6.07) is 5.06. The number of pyridine rings is 1. The molecule has 0 aromatic carbocycles. The third-order valence-electron chi connectivity index (χ3n) is 4.63. The molecule has 0 unspecified atom stereocenters. The van der Waals surface area contributed by atoms with Crippen molar-refractivity contribution in [3.05, 3.63) is 47.2 Å². The Kier molecular flexibility index (Phi) is 4.24. The van der Waals surface area contributed by atoms with E-state index in [1.807, 2.05) is 30.8 Å². The summed E-state index contributed by atoms with van der Waals surface area (Å²) in [4.78, 5) is 21.2. The second-order valence-electron chi connectivity index (χ2n) is 6.47. The number of amides is 1. The molecule has 134 valence electrons. The van der Waals surface area contributed by atoms with Crippen LogP contribution in [0.1, 0.15) is 53.4 Å². The van der Waals surface area contributed by atoms with E-state index in [1.165, 1.54) is 0 Å². The van der Waals surface area contributed by atoms with Crippen LogP contribution in [-0.2, 0) is 19.9 Å². The summed E-state index contributed by atoms with van der Waals surface area (Å²) in [6.07, 6.45) is 5.76. The molecule has 0 aliphatic heterocycles. The van der Waals surface area contributed by atoms with Crippen LogP contribution in [0.3, 0.4) is 0 Å². The van der Waals surface area contributed by atoms with E-state index in [1.54, 1.807) is 12.3 Å². The van der Waals surface area contributed by atoms with Gasteiger partial charge in [0.2, 0.25) is 11.7 Å². The van der Waals surface area contributed by atoms with Gasteiger partial charge in [-0.15, -0.1) is 0 Å². The second-order valence-corrected chi connectivity index (χ2v) is 6.47. The number of carbonyl (C=O) groups excluding carboxylic acids is 1. The maximum absolute atomic E-state index is 12.7. The van der Waals surface area contributed by atoms with Crippen LogP contribution in [0.4, 0.5) is 0 Å². The molecular weight excluding hydrogens is 332 g/mol. The van der Waals surface area contributed by atoms with Gasteiger partial charge >= 0.3 is 0 Å². The molecule has 0 bridgehead atoms. The Hall–Kier alpha value is -3.03. The molecule has 1 N–H and O–H groups in total. The Morgan fingerprint density at radius 2 is 2.15 bits per heavy atom. The molecule has 8 nitrogen and oxygen atoms in total. The molecule has 3 aromatic rings. The lowest BCUT2D eigenvalue weighted by atomic mass is 9.95. The van der Waals surface area contributed by atoms with Gasteiger partial charge in [-0.1, -0.05) is 11.2 Å². The van der Waals surface area contributed by atoms with Crippen molar-refractivity contribution in [3.63, 3.8) is 0 Å². The van der Waals surface area contributed by atoms with Crippen molar-refractivity contribution >= 4 is 5.91 Å². The summed E-state index contributed by atoms with van der Waals surface area (Å²) in [5.74, 6) is 0.523. The number of aromatic nitrogens is 5. The van der Waals surface area contributed by atoms with E-state index in [0.717, 1.165) is 36.9 Å². The molecule has 0 saturated heterocycles. The van der Waals surface area contributed by atoms with Crippen molar-refractivity contribution < 1.29 is 9.32 Å². The first-order valence-electron chi connectivity index (χ1n) is 8.74. The normalized spacial score (nSPS) is 14.7. The minimum Gasteiger partial charge on any atom is -0.339 e. The molecule has 1 amide bonds. The van der Waals surface area contributed by atoms with E-state index >= 15 is 0 Å². The van der Waals surface area contributed by atoms with E-state index < -0.39 is 6.04 Å². The Bertz CT molecular complexity index is 931. The van der Waals surface area contributed by atoms with Gasteiger partial charge in [0.25, 0.3) is 5.91 Å². The first-order chi connectivity index (χ1) is 12.6. The van der Waals surface area contributed by atoms with Crippen LogP contribution in [0.5, 0.6) is 0 Å². The maximum atomic E-state index is 12.7. The average molecular weight is 352 g/mol. The van der Waals surface area contributed by atoms with Gasteiger partial charge in [0.1, 0.15) is 11.7 Å². The molecule has 3 heterocycles. The van der Waals surface area contributed by atoms with Crippen LogP contribution in [0.15, 0.2) is 28.9 Å². The summed E-state index contributed by atoms with van der Waals surface area (Å²) in [6.45, 7) is 1.81. The molecule has 8 heteroatoms. The highest BCUT2D eigenvalue weighted by molar-refractivity contribution is 5.94. The van der Waals surface area contributed by atoms with Gasteiger partial charge in [0.05, 0.1) is 0 Å². The first-order valence-corrected chi connectivity index (χ1v) is 8.74. The van der Waals surface area contributed by atoms with Crippen LogP contribution in [0.25, 0.3) is 11.5 Å². The fraction of sp³-hybridized carbons (Fsp3) is 0.389. The first kappa shape index (κ1) is 16.4. The minimum absolute atomic E-state index is 0.214. The van der Waals surface area contributed by atoms with E-state index in [0.29, 0.717) is 23.1 Å². The number of hydrogen-bond donors (Lipinski definition) is 1. The summed E-state index contributed by atoms with van der Waals surface area (Å²) >= 11 is 0. The number of hydrogen-bond acceptors (Lipinski definition) is 6. The van der Waals surface area contributed by atoms with E-state index in [-0.39, 0.29) is 5.91 Å². The Labute approximate surface area is 150 Å².